The van der Waals surface area contributed by atoms with Crippen molar-refractivity contribution in [1.82, 2.24) is 15.5 Å². The van der Waals surface area contributed by atoms with Crippen molar-refractivity contribution in [2.75, 3.05) is 6.54 Å². The largest absolute Gasteiger partial charge is 0.465 e. The van der Waals surface area contributed by atoms with Gasteiger partial charge in [-0.15, -0.1) is 0 Å². The van der Waals surface area contributed by atoms with Gasteiger partial charge >= 0.3 is 6.09 Å². The van der Waals surface area contributed by atoms with Crippen molar-refractivity contribution in [3.63, 3.8) is 0 Å². The zero-order chi connectivity index (χ0) is 15.6. The van der Waals surface area contributed by atoms with Crippen LogP contribution in [0.25, 0.3) is 0 Å². The lowest BCUT2D eigenvalue weighted by Gasteiger charge is -2.40. The van der Waals surface area contributed by atoms with E-state index in [1.165, 1.54) is 6.92 Å². The number of likely N-dealkylation sites (tertiary alicyclic amines) is 1. The molecule has 0 spiro atoms. The first kappa shape index (κ1) is 15.6. The minimum atomic E-state index is -1.20. The van der Waals surface area contributed by atoms with E-state index in [1.54, 1.807) is 4.90 Å². The fraction of sp³-hybridized carbons (Fsp3) is 0.769. The molecule has 1 saturated carbocycles. The first-order valence-electron chi connectivity index (χ1n) is 7.21. The summed E-state index contributed by atoms with van der Waals surface area (Å²) in [4.78, 5) is 36.0. The molecule has 0 bridgehead atoms. The Balaban J connectivity index is 2.06. The topological polar surface area (TPSA) is 125 Å². The molecule has 1 aliphatic carbocycles. The number of hydrogen-bond acceptors (Lipinski definition) is 4. The van der Waals surface area contributed by atoms with Crippen molar-refractivity contribution in [2.24, 2.45) is 5.73 Å². The monoisotopic (exact) mass is 298 g/mol. The summed E-state index contributed by atoms with van der Waals surface area (Å²) in [6.45, 7) is 1.94. The number of amides is 3. The van der Waals surface area contributed by atoms with Crippen LogP contribution in [0.2, 0.25) is 0 Å². The molecule has 1 heterocycles. The Hall–Kier alpha value is -1.83. The number of nitrogens with two attached hydrogens (primary N) is 1. The molecule has 3 amide bonds. The molecule has 0 aromatic heterocycles. The highest BCUT2D eigenvalue weighted by Crippen LogP contribution is 2.26. The summed E-state index contributed by atoms with van der Waals surface area (Å²) in [5, 5.41) is 13.8. The van der Waals surface area contributed by atoms with Crippen molar-refractivity contribution in [2.45, 2.75) is 56.8 Å². The van der Waals surface area contributed by atoms with E-state index in [4.69, 9.17) is 10.8 Å². The average Bonchev–Trinajstić information content (AvgIpc) is 2.70. The summed E-state index contributed by atoms with van der Waals surface area (Å²) < 4.78 is 0. The van der Waals surface area contributed by atoms with Gasteiger partial charge in [-0.05, 0) is 25.7 Å². The normalized spacial score (nSPS) is 32.9. The highest BCUT2D eigenvalue weighted by Gasteiger charge is 2.41. The highest BCUT2D eigenvalue weighted by molar-refractivity contribution is 5.87. The Morgan fingerprint density at radius 2 is 2.00 bits per heavy atom. The molecule has 2 aliphatic rings. The van der Waals surface area contributed by atoms with Crippen molar-refractivity contribution >= 4 is 17.9 Å². The third-order valence-electron chi connectivity index (χ3n) is 4.18. The van der Waals surface area contributed by atoms with E-state index in [2.05, 4.69) is 10.6 Å². The summed E-state index contributed by atoms with van der Waals surface area (Å²) in [5.74, 6) is -0.362. The van der Waals surface area contributed by atoms with Crippen LogP contribution in [0.3, 0.4) is 0 Å². The minimum absolute atomic E-state index is 0.0174. The van der Waals surface area contributed by atoms with Crippen LogP contribution in [0, 0.1) is 0 Å². The fourth-order valence-electron chi connectivity index (χ4n) is 3.29. The molecule has 1 aliphatic heterocycles. The van der Waals surface area contributed by atoms with Crippen LogP contribution in [0.1, 0.15) is 32.6 Å². The summed E-state index contributed by atoms with van der Waals surface area (Å²) >= 11 is 0. The number of rotatable bonds is 3. The Kier molecular flexibility index (Phi) is 4.66. The minimum Gasteiger partial charge on any atom is -0.465 e. The maximum atomic E-state index is 12.3. The van der Waals surface area contributed by atoms with Crippen molar-refractivity contribution in [3.05, 3.63) is 0 Å². The molecular formula is C13H22N4O4. The van der Waals surface area contributed by atoms with E-state index in [0.717, 1.165) is 12.8 Å². The molecule has 8 nitrogen and oxygen atoms in total. The van der Waals surface area contributed by atoms with Crippen LogP contribution in [0.5, 0.6) is 0 Å². The Bertz CT molecular complexity index is 442. The molecule has 118 valence electrons. The van der Waals surface area contributed by atoms with E-state index < -0.39 is 12.1 Å². The lowest BCUT2D eigenvalue weighted by Crippen LogP contribution is -2.57. The van der Waals surface area contributed by atoms with E-state index >= 15 is 0 Å². The van der Waals surface area contributed by atoms with Gasteiger partial charge in [0.25, 0.3) is 0 Å². The molecule has 21 heavy (non-hydrogen) atoms. The second-order valence-corrected chi connectivity index (χ2v) is 5.77. The van der Waals surface area contributed by atoms with Crippen LogP contribution in [0.15, 0.2) is 0 Å². The zero-order valence-electron chi connectivity index (χ0n) is 12.0. The van der Waals surface area contributed by atoms with Crippen LogP contribution < -0.4 is 16.4 Å². The smallest absolute Gasteiger partial charge is 0.405 e. The molecule has 0 unspecified atom stereocenters. The van der Waals surface area contributed by atoms with Gasteiger partial charge in [-0.25, -0.2) is 4.79 Å². The van der Waals surface area contributed by atoms with Crippen molar-refractivity contribution in [3.8, 4) is 0 Å². The Labute approximate surface area is 123 Å². The van der Waals surface area contributed by atoms with Gasteiger partial charge in [0.2, 0.25) is 11.8 Å². The van der Waals surface area contributed by atoms with E-state index in [1.807, 2.05) is 0 Å². The highest BCUT2D eigenvalue weighted by atomic mass is 16.4. The maximum absolute atomic E-state index is 12.3. The van der Waals surface area contributed by atoms with Gasteiger partial charge in [0, 0.05) is 19.5 Å². The molecule has 0 aromatic carbocycles. The van der Waals surface area contributed by atoms with Gasteiger partial charge < -0.3 is 26.4 Å². The molecule has 1 saturated heterocycles. The zero-order valence-corrected chi connectivity index (χ0v) is 12.0. The molecule has 5 N–H and O–H groups in total. The molecule has 0 radical (unpaired) electrons. The van der Waals surface area contributed by atoms with Gasteiger partial charge in [0.1, 0.15) is 6.04 Å². The van der Waals surface area contributed by atoms with Gasteiger partial charge in [-0.2, -0.15) is 0 Å². The quantitative estimate of drug-likeness (QED) is 0.545. The van der Waals surface area contributed by atoms with Crippen LogP contribution in [-0.4, -0.2) is 58.6 Å². The van der Waals surface area contributed by atoms with Crippen molar-refractivity contribution < 1.29 is 19.5 Å². The second-order valence-electron chi connectivity index (χ2n) is 5.77. The maximum Gasteiger partial charge on any atom is 0.405 e. The van der Waals surface area contributed by atoms with E-state index in [0.29, 0.717) is 19.4 Å². The number of carbonyl (C=O) groups excluding carboxylic acids is 2. The van der Waals surface area contributed by atoms with E-state index in [-0.39, 0.29) is 29.9 Å². The van der Waals surface area contributed by atoms with Gasteiger partial charge in [0.15, 0.2) is 0 Å². The van der Waals surface area contributed by atoms with Crippen LogP contribution >= 0.6 is 0 Å². The fourth-order valence-corrected chi connectivity index (χ4v) is 3.29. The number of carboxylic acid groups (broad SMARTS) is 1. The van der Waals surface area contributed by atoms with Gasteiger partial charge in [0.05, 0.1) is 12.1 Å². The average molecular weight is 298 g/mol. The summed E-state index contributed by atoms with van der Waals surface area (Å²) in [5.41, 5.74) is 5.94. The molecular weight excluding hydrogens is 276 g/mol. The van der Waals surface area contributed by atoms with Gasteiger partial charge in [-0.1, -0.05) is 0 Å². The summed E-state index contributed by atoms with van der Waals surface area (Å²) in [6, 6.07) is -0.944. The number of nitrogens with zero attached hydrogens (tertiary/aromatic N) is 1. The predicted octanol–water partition coefficient (Wildman–Crippen LogP) is -0.761. The predicted molar refractivity (Wildman–Crippen MR) is 74.5 cm³/mol. The van der Waals surface area contributed by atoms with Crippen LogP contribution in [0.4, 0.5) is 4.79 Å². The molecule has 2 rings (SSSR count). The lowest BCUT2D eigenvalue weighted by molar-refractivity contribution is -0.133. The third-order valence-corrected chi connectivity index (χ3v) is 4.18. The molecule has 2 fully saturated rings. The van der Waals surface area contributed by atoms with Gasteiger partial charge in [-0.3, -0.25) is 9.59 Å². The first-order valence-corrected chi connectivity index (χ1v) is 7.21. The lowest BCUT2D eigenvalue weighted by atomic mass is 9.86. The number of hydrogen-bond donors (Lipinski definition) is 4. The molecule has 4 atom stereocenters. The molecule has 0 aromatic rings. The standard InChI is InChI=1S/C13H22N4O4/c1-7(18)15-10-6-8(14)2-3-11(10)17-5-4-9(12(17)19)16-13(20)21/h8-11,16H,2-6,14H2,1H3,(H,15,18)(H,20,21)/t8-,9+,10-,11+/m1/s1. The summed E-state index contributed by atoms with van der Waals surface area (Å²) in [7, 11) is 0. The molecule has 8 heteroatoms. The Morgan fingerprint density at radius 3 is 2.62 bits per heavy atom. The van der Waals surface area contributed by atoms with E-state index in [9.17, 15) is 14.4 Å². The third kappa shape index (κ3) is 3.63. The SMILES string of the molecule is CC(=O)N[C@@H]1C[C@H](N)CC[C@@H]1N1CC[C@H](NC(=O)O)C1=O. The van der Waals surface area contributed by atoms with Crippen LogP contribution in [-0.2, 0) is 9.59 Å². The van der Waals surface area contributed by atoms with Crippen molar-refractivity contribution in [1.29, 1.82) is 0 Å². The second kappa shape index (κ2) is 6.30. The summed E-state index contributed by atoms with van der Waals surface area (Å²) in [6.07, 6.45) is 1.41. The Morgan fingerprint density at radius 1 is 1.29 bits per heavy atom. The first-order chi connectivity index (χ1) is 9.88. The number of carbonyl (C=O) groups is 3. The number of nitrogens with one attached hydrogen (secondary N) is 2.